The van der Waals surface area contributed by atoms with Gasteiger partial charge in [-0.05, 0) is 41.8 Å². The second-order valence-electron chi connectivity index (χ2n) is 8.54. The number of aliphatic hydroxyl groups is 6. The molecule has 2 aromatic carbocycles. The number of rotatable bonds is 11. The summed E-state index contributed by atoms with van der Waals surface area (Å²) in [5.74, 6) is -10.2. The first-order chi connectivity index (χ1) is 16.2. The third-order valence-corrected chi connectivity index (χ3v) is 5.81. The van der Waals surface area contributed by atoms with Crippen LogP contribution in [0.2, 0.25) is 0 Å². The van der Waals surface area contributed by atoms with E-state index in [1.807, 2.05) is 0 Å². The van der Waals surface area contributed by atoms with Gasteiger partial charge in [0.1, 0.15) is 23.9 Å². The van der Waals surface area contributed by atoms with Crippen molar-refractivity contribution in [1.82, 2.24) is 0 Å². The maximum atomic E-state index is 13.7. The summed E-state index contributed by atoms with van der Waals surface area (Å²) >= 11 is 0. The molecule has 0 bridgehead atoms. The lowest BCUT2D eigenvalue weighted by Crippen LogP contribution is -2.66. The number of hydrogen-bond donors (Lipinski definition) is 6. The second-order valence-corrected chi connectivity index (χ2v) is 8.54. The summed E-state index contributed by atoms with van der Waals surface area (Å²) in [5, 5.41) is 63.2. The molecule has 0 aliphatic carbocycles. The third-order valence-electron chi connectivity index (χ3n) is 5.81. The molecule has 5 atom stereocenters. The van der Waals surface area contributed by atoms with Gasteiger partial charge in [0.2, 0.25) is 0 Å². The number of aliphatic hydroxyl groups excluding tert-OH is 4. The molecular formula is C23H26F6O6. The zero-order valence-corrected chi connectivity index (χ0v) is 18.5. The van der Waals surface area contributed by atoms with Gasteiger partial charge in [0.05, 0.1) is 12.2 Å². The van der Waals surface area contributed by atoms with E-state index in [9.17, 15) is 57.0 Å². The molecule has 196 valence electrons. The highest BCUT2D eigenvalue weighted by molar-refractivity contribution is 5.26. The lowest BCUT2D eigenvalue weighted by Gasteiger charge is -2.46. The summed E-state index contributed by atoms with van der Waals surface area (Å²) in [4.78, 5) is 0. The standard InChI is InChI=1S/C23H26F6O6/c1-2-3-22(34,8-11-4-13(24)18(28)14(25)5-11)21(33)23(35,20(32)17(31)10-30)9-12-6-15(26)19(29)16(27)7-12/h4-7,17,20-21,30-35H,2-3,8-10H2,1H3/t17-,20+,21+,22?,23+/m0/s1. The van der Waals surface area contributed by atoms with E-state index in [0.29, 0.717) is 24.3 Å². The fourth-order valence-electron chi connectivity index (χ4n) is 4.12. The summed E-state index contributed by atoms with van der Waals surface area (Å²) in [6.07, 6.45) is -9.22. The van der Waals surface area contributed by atoms with Crippen molar-refractivity contribution >= 4 is 0 Å². The zero-order chi connectivity index (χ0) is 26.7. The number of benzene rings is 2. The Labute approximate surface area is 196 Å². The van der Waals surface area contributed by atoms with Crippen molar-refractivity contribution in [2.45, 2.75) is 62.1 Å². The van der Waals surface area contributed by atoms with Gasteiger partial charge in [-0.25, -0.2) is 26.3 Å². The number of hydrogen-bond acceptors (Lipinski definition) is 6. The molecule has 0 aliphatic heterocycles. The van der Waals surface area contributed by atoms with E-state index >= 15 is 0 Å². The molecule has 1 unspecified atom stereocenters. The number of halogens is 6. The van der Waals surface area contributed by atoms with Crippen LogP contribution in [0.1, 0.15) is 30.9 Å². The van der Waals surface area contributed by atoms with Crippen molar-refractivity contribution < 1.29 is 57.0 Å². The van der Waals surface area contributed by atoms with Crippen molar-refractivity contribution in [3.05, 3.63) is 70.3 Å². The molecule has 0 heterocycles. The van der Waals surface area contributed by atoms with Gasteiger partial charge < -0.3 is 30.6 Å². The molecule has 0 aromatic heterocycles. The van der Waals surface area contributed by atoms with Gasteiger partial charge >= 0.3 is 0 Å². The van der Waals surface area contributed by atoms with Crippen molar-refractivity contribution in [2.24, 2.45) is 0 Å². The van der Waals surface area contributed by atoms with E-state index in [1.165, 1.54) is 6.92 Å². The molecule has 0 spiro atoms. The monoisotopic (exact) mass is 512 g/mol. The van der Waals surface area contributed by atoms with Crippen LogP contribution in [0, 0.1) is 34.9 Å². The van der Waals surface area contributed by atoms with Crippen molar-refractivity contribution in [3.8, 4) is 0 Å². The predicted molar refractivity (Wildman–Crippen MR) is 110 cm³/mol. The maximum absolute atomic E-state index is 13.7. The largest absolute Gasteiger partial charge is 0.394 e. The minimum Gasteiger partial charge on any atom is -0.394 e. The molecule has 6 N–H and O–H groups in total. The summed E-state index contributed by atoms with van der Waals surface area (Å²) in [6, 6.07) is 1.96. The minimum atomic E-state index is -3.04. The Morgan fingerprint density at radius 3 is 1.51 bits per heavy atom. The minimum absolute atomic E-state index is 0.0915. The van der Waals surface area contributed by atoms with E-state index in [1.54, 1.807) is 0 Å². The van der Waals surface area contributed by atoms with Crippen LogP contribution >= 0.6 is 0 Å². The Balaban J connectivity index is 2.58. The Bertz CT molecular complexity index is 994. The summed E-state index contributed by atoms with van der Waals surface area (Å²) in [5.41, 5.74) is -6.41. The fraction of sp³-hybridized carbons (Fsp3) is 0.478. The molecule has 6 nitrogen and oxygen atoms in total. The Kier molecular flexibility index (Phi) is 9.31. The molecule has 0 saturated heterocycles. The zero-order valence-electron chi connectivity index (χ0n) is 18.5. The van der Waals surface area contributed by atoms with Gasteiger partial charge in [-0.1, -0.05) is 13.3 Å². The fourth-order valence-corrected chi connectivity index (χ4v) is 4.12. The van der Waals surface area contributed by atoms with Crippen LogP contribution in [0.15, 0.2) is 24.3 Å². The Morgan fingerprint density at radius 2 is 1.14 bits per heavy atom. The lowest BCUT2D eigenvalue weighted by atomic mass is 9.71. The van der Waals surface area contributed by atoms with Crippen LogP contribution in [0.25, 0.3) is 0 Å². The van der Waals surface area contributed by atoms with E-state index < -0.39 is 89.4 Å². The normalized spacial score (nSPS) is 18.0. The molecule has 0 aliphatic rings. The second kappa shape index (κ2) is 11.2. The van der Waals surface area contributed by atoms with E-state index in [-0.39, 0.29) is 18.4 Å². The van der Waals surface area contributed by atoms with Crippen LogP contribution in [0.3, 0.4) is 0 Å². The van der Waals surface area contributed by atoms with Crippen LogP contribution < -0.4 is 0 Å². The quantitative estimate of drug-likeness (QED) is 0.201. The molecule has 35 heavy (non-hydrogen) atoms. The maximum Gasteiger partial charge on any atom is 0.194 e. The van der Waals surface area contributed by atoms with Crippen LogP contribution in [-0.2, 0) is 12.8 Å². The van der Waals surface area contributed by atoms with Gasteiger partial charge in [0, 0.05) is 12.8 Å². The summed E-state index contributed by atoms with van der Waals surface area (Å²) < 4.78 is 81.6. The molecule has 0 fully saturated rings. The highest BCUT2D eigenvalue weighted by atomic mass is 19.2. The third kappa shape index (κ3) is 6.13. The van der Waals surface area contributed by atoms with E-state index in [0.717, 1.165) is 0 Å². The molecule has 2 rings (SSSR count). The Morgan fingerprint density at radius 1 is 0.743 bits per heavy atom. The van der Waals surface area contributed by atoms with Crippen LogP contribution in [0.4, 0.5) is 26.3 Å². The van der Waals surface area contributed by atoms with E-state index in [4.69, 9.17) is 0 Å². The van der Waals surface area contributed by atoms with E-state index in [2.05, 4.69) is 0 Å². The highest BCUT2D eigenvalue weighted by Gasteiger charge is 2.54. The average molecular weight is 512 g/mol. The van der Waals surface area contributed by atoms with Gasteiger partial charge in [-0.15, -0.1) is 0 Å². The smallest absolute Gasteiger partial charge is 0.194 e. The van der Waals surface area contributed by atoms with Gasteiger partial charge in [-0.2, -0.15) is 0 Å². The van der Waals surface area contributed by atoms with Gasteiger partial charge in [0.15, 0.2) is 34.9 Å². The highest BCUT2D eigenvalue weighted by Crippen LogP contribution is 2.36. The molecule has 12 heteroatoms. The summed E-state index contributed by atoms with van der Waals surface area (Å²) in [6.45, 7) is 0.370. The Hall–Kier alpha value is -2.22. The van der Waals surface area contributed by atoms with Crippen LogP contribution in [0.5, 0.6) is 0 Å². The molecule has 0 saturated carbocycles. The first-order valence-corrected chi connectivity index (χ1v) is 10.6. The lowest BCUT2D eigenvalue weighted by molar-refractivity contribution is -0.230. The van der Waals surface area contributed by atoms with Crippen molar-refractivity contribution in [2.75, 3.05) is 6.61 Å². The van der Waals surface area contributed by atoms with Crippen molar-refractivity contribution in [1.29, 1.82) is 0 Å². The van der Waals surface area contributed by atoms with Gasteiger partial charge in [0.25, 0.3) is 0 Å². The first kappa shape index (κ1) is 29.0. The SMILES string of the molecule is CCCC(O)(Cc1cc(F)c(F)c(F)c1)[C@@H](O)[C@@](O)(Cc1cc(F)c(F)c(F)c1)[C@H](O)[C@@H](O)CO. The average Bonchev–Trinajstić information content (AvgIpc) is 2.79. The topological polar surface area (TPSA) is 121 Å². The molecule has 0 amide bonds. The molecular weight excluding hydrogens is 486 g/mol. The molecule has 0 radical (unpaired) electrons. The van der Waals surface area contributed by atoms with Gasteiger partial charge in [-0.3, -0.25) is 0 Å². The first-order valence-electron chi connectivity index (χ1n) is 10.6. The van der Waals surface area contributed by atoms with Crippen molar-refractivity contribution in [3.63, 3.8) is 0 Å². The predicted octanol–water partition coefficient (Wildman–Crippen LogP) is 1.64. The molecule has 2 aromatic rings. The van der Waals surface area contributed by atoms with Crippen LogP contribution in [-0.4, -0.2) is 66.8 Å². The summed E-state index contributed by atoms with van der Waals surface area (Å²) in [7, 11) is 0.